The Morgan fingerprint density at radius 2 is 1.57 bits per heavy atom. The Kier molecular flexibility index (Phi) is 7.30. The fraction of sp³-hybridized carbons (Fsp3) is 0.111. The fourth-order valence-electron chi connectivity index (χ4n) is 5.12. The molecule has 3 aromatic heterocycles. The van der Waals surface area contributed by atoms with Crippen molar-refractivity contribution >= 4 is 21.8 Å². The van der Waals surface area contributed by atoms with E-state index in [9.17, 15) is 0 Å². The maximum atomic E-state index is 6.33. The smallest absolute Gasteiger partial charge is 0.267 e. The minimum absolute atomic E-state index is 0. The van der Waals surface area contributed by atoms with Crippen molar-refractivity contribution in [1.29, 1.82) is 0 Å². The molecule has 0 radical (unpaired) electrons. The second kappa shape index (κ2) is 11.1. The van der Waals surface area contributed by atoms with E-state index >= 15 is 0 Å². The van der Waals surface area contributed by atoms with Crippen LogP contribution in [0.4, 0.5) is 0 Å². The van der Waals surface area contributed by atoms with Crippen molar-refractivity contribution < 1.29 is 30.4 Å². The van der Waals surface area contributed by atoms with E-state index in [1.807, 2.05) is 82.3 Å². The number of rotatable bonds is 5. The second-order valence-corrected chi connectivity index (χ2v) is 11.1. The summed E-state index contributed by atoms with van der Waals surface area (Å²) in [5, 5.41) is 2.25. The molecule has 0 saturated carbocycles. The van der Waals surface area contributed by atoms with E-state index in [1.54, 1.807) is 0 Å². The van der Waals surface area contributed by atoms with E-state index < -0.39 is 0 Å². The molecule has 6 heteroatoms. The molecule has 0 saturated heterocycles. The van der Waals surface area contributed by atoms with Gasteiger partial charge in [0.05, 0.1) is 5.69 Å². The minimum atomic E-state index is 0. The van der Waals surface area contributed by atoms with E-state index in [2.05, 4.69) is 86.3 Å². The largest absolute Gasteiger partial charge is 0.510 e. The predicted octanol–water partition coefficient (Wildman–Crippen LogP) is 7.73. The van der Waals surface area contributed by atoms with Crippen LogP contribution < -0.4 is 9.30 Å². The molecule has 0 spiro atoms. The number of hydrogen-bond donors (Lipinski definition) is 0. The monoisotopic (exact) mass is 727 g/mol. The van der Waals surface area contributed by atoms with E-state index in [0.29, 0.717) is 11.5 Å². The summed E-state index contributed by atoms with van der Waals surface area (Å²) in [5.74, 6) is 2.07. The van der Waals surface area contributed by atoms with E-state index in [-0.39, 0.29) is 26.5 Å². The average Bonchev–Trinajstić information content (AvgIpc) is 3.61. The molecule has 4 aromatic carbocycles. The first kappa shape index (κ1) is 27.7. The number of ether oxygens (including phenoxy) is 1. The first-order chi connectivity index (χ1) is 19.9. The topological polar surface area (TPSA) is 35.9 Å². The van der Waals surface area contributed by atoms with Gasteiger partial charge in [0.1, 0.15) is 5.82 Å². The number of hydrogen-bond acceptors (Lipinski definition) is 2. The fourth-order valence-corrected chi connectivity index (χ4v) is 5.12. The summed E-state index contributed by atoms with van der Waals surface area (Å²) in [6.07, 6.45) is 9.16. The summed E-state index contributed by atoms with van der Waals surface area (Å²) in [5.41, 5.74) is 5.10. The molecule has 0 fully saturated rings. The Morgan fingerprint density at radius 1 is 0.786 bits per heavy atom. The van der Waals surface area contributed by atoms with Crippen molar-refractivity contribution in [2.45, 2.75) is 26.2 Å². The van der Waals surface area contributed by atoms with Crippen LogP contribution in [0, 0.1) is 18.5 Å². The molecule has 0 atom stereocenters. The maximum Gasteiger partial charge on any atom is 0.267 e. The number of nitrogens with zero attached hydrogens (tertiary/aromatic N) is 4. The van der Waals surface area contributed by atoms with Crippen molar-refractivity contribution in [2.24, 2.45) is 0 Å². The van der Waals surface area contributed by atoms with Gasteiger partial charge in [-0.3, -0.25) is 4.57 Å². The number of aromatic nitrogens is 4. The third-order valence-corrected chi connectivity index (χ3v) is 7.24. The van der Waals surface area contributed by atoms with Gasteiger partial charge in [-0.2, -0.15) is 18.2 Å². The molecule has 42 heavy (non-hydrogen) atoms. The molecule has 0 aliphatic heterocycles. The van der Waals surface area contributed by atoms with Gasteiger partial charge in [-0.15, -0.1) is 29.7 Å². The predicted molar refractivity (Wildman–Crippen MR) is 161 cm³/mol. The maximum absolute atomic E-state index is 6.33. The van der Waals surface area contributed by atoms with Crippen molar-refractivity contribution in [3.8, 4) is 28.7 Å². The number of benzene rings is 4. The molecule has 0 aliphatic rings. The van der Waals surface area contributed by atoms with Crippen LogP contribution in [0.25, 0.3) is 39.0 Å². The molecule has 7 rings (SSSR count). The van der Waals surface area contributed by atoms with Gasteiger partial charge in [-0.1, -0.05) is 62.7 Å². The molecule has 7 aromatic rings. The third-order valence-electron chi connectivity index (χ3n) is 7.24. The van der Waals surface area contributed by atoms with Gasteiger partial charge in [-0.05, 0) is 52.4 Å². The van der Waals surface area contributed by atoms with Gasteiger partial charge in [0.15, 0.2) is 0 Å². The van der Waals surface area contributed by atoms with Gasteiger partial charge >= 0.3 is 0 Å². The Bertz CT molecular complexity index is 2020. The average molecular weight is 728 g/mol. The molecular formula is C36H28N4OPt-2. The van der Waals surface area contributed by atoms with Crippen molar-refractivity contribution in [1.82, 2.24) is 14.1 Å². The van der Waals surface area contributed by atoms with Gasteiger partial charge in [0.2, 0.25) is 0 Å². The van der Waals surface area contributed by atoms with Gasteiger partial charge < -0.3 is 13.9 Å². The van der Waals surface area contributed by atoms with Crippen LogP contribution in [-0.4, -0.2) is 14.1 Å². The molecule has 210 valence electrons. The Morgan fingerprint density at radius 3 is 2.40 bits per heavy atom. The zero-order chi connectivity index (χ0) is 28.0. The van der Waals surface area contributed by atoms with Crippen LogP contribution in [0.15, 0.2) is 116 Å². The molecule has 0 N–H and O–H groups in total. The summed E-state index contributed by atoms with van der Waals surface area (Å²) in [7, 11) is 0. The minimum Gasteiger partial charge on any atom is -0.510 e. The van der Waals surface area contributed by atoms with Gasteiger partial charge in [0, 0.05) is 56.7 Å². The molecule has 0 aliphatic carbocycles. The van der Waals surface area contributed by atoms with Crippen LogP contribution in [0.2, 0.25) is 0 Å². The number of para-hydroxylation sites is 2. The van der Waals surface area contributed by atoms with Crippen LogP contribution in [0.1, 0.15) is 26.3 Å². The summed E-state index contributed by atoms with van der Waals surface area (Å²) in [6, 6.07) is 39.6. The molecule has 5 nitrogen and oxygen atoms in total. The van der Waals surface area contributed by atoms with Crippen LogP contribution >= 0.6 is 0 Å². The number of fused-ring (bicyclic) bond motifs is 3. The van der Waals surface area contributed by atoms with Crippen LogP contribution in [0.3, 0.4) is 0 Å². The Labute approximate surface area is 259 Å². The number of pyridine rings is 1. The SMILES string of the molecule is CC(C)(C)c1ccnc(-n2c3[c-]c(Oc4[c-]c(-n5[c-][n+](-c6ccccc6)cc5)ccc4)ccc3c3ccccc32)c1.[Pt]. The quantitative estimate of drug-likeness (QED) is 0.135. The van der Waals surface area contributed by atoms with Crippen LogP contribution in [0.5, 0.6) is 11.5 Å². The van der Waals surface area contributed by atoms with Crippen molar-refractivity contribution in [3.05, 3.63) is 140 Å². The molecule has 3 heterocycles. The van der Waals surface area contributed by atoms with Gasteiger partial charge in [0.25, 0.3) is 6.33 Å². The number of imidazole rings is 1. The first-order valence-corrected chi connectivity index (χ1v) is 13.6. The first-order valence-electron chi connectivity index (χ1n) is 13.6. The zero-order valence-corrected chi connectivity index (χ0v) is 25.8. The van der Waals surface area contributed by atoms with Crippen LogP contribution in [-0.2, 0) is 26.5 Å². The summed E-state index contributed by atoms with van der Waals surface area (Å²) >= 11 is 0. The molecular weight excluding hydrogens is 700 g/mol. The van der Waals surface area contributed by atoms with Crippen molar-refractivity contribution in [2.75, 3.05) is 0 Å². The molecule has 0 bridgehead atoms. The standard InChI is InChI=1S/C36H28N4O.Pt/c1-36(2,3)26-18-19-37-35(22-26)40-33-15-8-7-14-31(33)32-17-16-30(24-34(32)40)41-29-13-9-12-28(23-29)39-21-20-38(25-39)27-10-5-4-6-11-27;/h4-22H,1-3H3;/q-2;. The Balaban J connectivity index is 0.00000316. The normalized spacial score (nSPS) is 11.5. The molecule has 0 amide bonds. The summed E-state index contributed by atoms with van der Waals surface area (Å²) < 4.78 is 12.3. The summed E-state index contributed by atoms with van der Waals surface area (Å²) in [6.45, 7) is 6.65. The van der Waals surface area contributed by atoms with Gasteiger partial charge in [-0.25, -0.2) is 4.98 Å². The second-order valence-electron chi connectivity index (χ2n) is 11.1. The van der Waals surface area contributed by atoms with E-state index in [0.717, 1.165) is 39.0 Å². The zero-order valence-electron chi connectivity index (χ0n) is 23.5. The molecule has 0 unspecified atom stereocenters. The van der Waals surface area contributed by atoms with Crippen molar-refractivity contribution in [3.63, 3.8) is 0 Å². The summed E-state index contributed by atoms with van der Waals surface area (Å²) in [4.78, 5) is 4.77. The third kappa shape index (κ3) is 5.17. The Hall–Kier alpha value is -4.47. The van der Waals surface area contributed by atoms with E-state index in [1.165, 1.54) is 5.56 Å². The van der Waals surface area contributed by atoms with E-state index in [4.69, 9.17) is 9.72 Å².